The largest absolute Gasteiger partial charge is 0.458 e. The van der Waals surface area contributed by atoms with Gasteiger partial charge in [0.05, 0.1) is 12.8 Å². The van der Waals surface area contributed by atoms with Crippen LogP contribution in [0.15, 0.2) is 42.5 Å². The summed E-state index contributed by atoms with van der Waals surface area (Å²) in [5.74, 6) is -1.35. The SMILES string of the molecule is O=C1C[C@H]2/C=C/CCSSC[C@@H](NC(=O)[C@@H](Cc3ccccc3)N1)C(=O)NC1(CC1)C(=O)NCCC(=O)O2. The molecule has 1 aromatic rings. The number of fused-ring (bicyclic) bond motifs is 7. The molecule has 4 N–H and O–H groups in total. The van der Waals surface area contributed by atoms with Crippen molar-refractivity contribution in [3.8, 4) is 0 Å². The molecule has 2 heterocycles. The van der Waals surface area contributed by atoms with Crippen LogP contribution in [0.3, 0.4) is 0 Å². The molecule has 0 unspecified atom stereocenters. The highest BCUT2D eigenvalue weighted by Gasteiger charge is 2.51. The van der Waals surface area contributed by atoms with Crippen LogP contribution in [0.2, 0.25) is 0 Å². The van der Waals surface area contributed by atoms with Crippen molar-refractivity contribution in [3.05, 3.63) is 48.0 Å². The standard InChI is InChI=1S/C26H32N4O6S2/c31-21-15-18-8-4-5-13-37-38-16-20(29-23(33)19(28-21)14-17-6-2-1-3-7-17)24(34)30-26(10-11-26)25(35)27-12-9-22(32)36-18/h1-4,6-8,18-20H,5,9-16H2,(H,27,35)(H,28,31)(H,29,33)(H,30,34)/b8-4+/t18-,19-,20-/m1/s1. The van der Waals surface area contributed by atoms with Gasteiger partial charge in [0.1, 0.15) is 23.7 Å². The fourth-order valence-electron chi connectivity index (χ4n) is 4.17. The number of ether oxygens (including phenoxy) is 1. The first-order valence-corrected chi connectivity index (χ1v) is 15.2. The lowest BCUT2D eigenvalue weighted by Gasteiger charge is -2.25. The fourth-order valence-corrected chi connectivity index (χ4v) is 6.33. The Hall–Kier alpha value is -2.99. The normalized spacial score (nSPS) is 28.0. The van der Waals surface area contributed by atoms with Gasteiger partial charge in [-0.1, -0.05) is 58.0 Å². The van der Waals surface area contributed by atoms with E-state index in [1.807, 2.05) is 36.4 Å². The van der Waals surface area contributed by atoms with Crippen LogP contribution in [0, 0.1) is 0 Å². The second-order valence-electron chi connectivity index (χ2n) is 9.50. The molecular formula is C26H32N4O6S2. The fraction of sp³-hybridized carbons (Fsp3) is 0.500. The van der Waals surface area contributed by atoms with E-state index in [1.54, 1.807) is 16.9 Å². The van der Waals surface area contributed by atoms with Crippen molar-refractivity contribution in [2.45, 2.75) is 62.3 Å². The molecule has 38 heavy (non-hydrogen) atoms. The summed E-state index contributed by atoms with van der Waals surface area (Å²) < 4.78 is 5.54. The molecule has 2 bridgehead atoms. The lowest BCUT2D eigenvalue weighted by atomic mass is 10.0. The number of hydrogen-bond donors (Lipinski definition) is 4. The highest BCUT2D eigenvalue weighted by atomic mass is 33.1. The number of carbonyl (C=O) groups excluding carboxylic acids is 5. The van der Waals surface area contributed by atoms with Gasteiger partial charge in [-0.2, -0.15) is 0 Å². The molecule has 1 saturated carbocycles. The molecular weight excluding hydrogens is 528 g/mol. The molecule has 0 aromatic heterocycles. The molecule has 3 aliphatic rings. The van der Waals surface area contributed by atoms with E-state index in [-0.39, 0.29) is 37.5 Å². The van der Waals surface area contributed by atoms with Crippen LogP contribution >= 0.6 is 21.6 Å². The van der Waals surface area contributed by atoms with Crippen molar-refractivity contribution in [3.63, 3.8) is 0 Å². The van der Waals surface area contributed by atoms with Crippen molar-refractivity contribution in [1.29, 1.82) is 0 Å². The summed E-state index contributed by atoms with van der Waals surface area (Å²) in [5.41, 5.74) is -0.219. The smallest absolute Gasteiger partial charge is 0.308 e. The average molecular weight is 561 g/mol. The molecule has 3 atom stereocenters. The quantitative estimate of drug-likeness (QED) is 0.239. The highest BCUT2D eigenvalue weighted by molar-refractivity contribution is 8.76. The van der Waals surface area contributed by atoms with Crippen LogP contribution in [0.1, 0.15) is 37.7 Å². The van der Waals surface area contributed by atoms with Crippen LogP contribution in [0.4, 0.5) is 0 Å². The van der Waals surface area contributed by atoms with Crippen LogP contribution < -0.4 is 21.3 Å². The molecule has 0 radical (unpaired) electrons. The Bertz CT molecular complexity index is 1080. The number of benzene rings is 1. The van der Waals surface area contributed by atoms with E-state index in [4.69, 9.17) is 4.74 Å². The van der Waals surface area contributed by atoms with Crippen molar-refractivity contribution >= 4 is 51.2 Å². The van der Waals surface area contributed by atoms with Gasteiger partial charge in [-0.25, -0.2) is 0 Å². The third-order valence-corrected chi connectivity index (χ3v) is 8.88. The van der Waals surface area contributed by atoms with E-state index in [0.717, 1.165) is 11.3 Å². The van der Waals surface area contributed by atoms with E-state index in [1.165, 1.54) is 10.8 Å². The average Bonchev–Trinajstić information content (AvgIpc) is 3.67. The maximum absolute atomic E-state index is 13.5. The van der Waals surface area contributed by atoms with Crippen LogP contribution in [-0.4, -0.2) is 71.4 Å². The first-order chi connectivity index (χ1) is 18.3. The van der Waals surface area contributed by atoms with Crippen LogP contribution in [0.5, 0.6) is 0 Å². The zero-order valence-corrected chi connectivity index (χ0v) is 22.5. The minimum absolute atomic E-state index is 0.0454. The molecule has 1 saturated heterocycles. The number of allylic oxidation sites excluding steroid dienone is 1. The first-order valence-electron chi connectivity index (χ1n) is 12.7. The lowest BCUT2D eigenvalue weighted by molar-refractivity contribution is -0.148. The topological polar surface area (TPSA) is 143 Å². The van der Waals surface area contributed by atoms with Crippen LogP contribution in [-0.2, 0) is 35.1 Å². The zero-order chi connectivity index (χ0) is 27.0. The van der Waals surface area contributed by atoms with E-state index < -0.39 is 47.4 Å². The van der Waals surface area contributed by atoms with E-state index in [9.17, 15) is 24.0 Å². The lowest BCUT2D eigenvalue weighted by Crippen LogP contribution is -2.58. The Kier molecular flexibility index (Phi) is 9.73. The van der Waals surface area contributed by atoms with Crippen molar-refractivity contribution in [1.82, 2.24) is 21.3 Å². The van der Waals surface area contributed by atoms with Gasteiger partial charge in [0, 0.05) is 24.5 Å². The molecule has 2 aliphatic heterocycles. The molecule has 1 spiro atoms. The molecule has 4 rings (SSSR count). The number of esters is 1. The molecule has 2 fully saturated rings. The Balaban J connectivity index is 1.65. The Labute approximate surface area is 229 Å². The number of rotatable bonds is 2. The van der Waals surface area contributed by atoms with Crippen LogP contribution in [0.25, 0.3) is 0 Å². The Morgan fingerprint density at radius 1 is 0.974 bits per heavy atom. The molecule has 12 heteroatoms. The minimum atomic E-state index is -1.05. The summed E-state index contributed by atoms with van der Waals surface area (Å²) in [6.07, 6.45) is 4.31. The van der Waals surface area contributed by atoms with Gasteiger partial charge in [-0.3, -0.25) is 24.0 Å². The predicted octanol–water partition coefficient (Wildman–Crippen LogP) is 1.01. The summed E-state index contributed by atoms with van der Waals surface area (Å²) in [6, 6.07) is 7.37. The summed E-state index contributed by atoms with van der Waals surface area (Å²) in [4.78, 5) is 65.1. The van der Waals surface area contributed by atoms with Gasteiger partial charge in [0.15, 0.2) is 0 Å². The van der Waals surface area contributed by atoms with E-state index >= 15 is 0 Å². The molecule has 1 aliphatic carbocycles. The monoisotopic (exact) mass is 560 g/mol. The third kappa shape index (κ3) is 8.00. The number of hydrogen-bond acceptors (Lipinski definition) is 8. The maximum Gasteiger partial charge on any atom is 0.308 e. The molecule has 1 aromatic carbocycles. The third-order valence-electron chi connectivity index (χ3n) is 6.44. The summed E-state index contributed by atoms with van der Waals surface area (Å²) >= 11 is 0. The van der Waals surface area contributed by atoms with Gasteiger partial charge in [-0.05, 0) is 30.9 Å². The Morgan fingerprint density at radius 2 is 1.76 bits per heavy atom. The summed E-state index contributed by atoms with van der Waals surface area (Å²) in [6.45, 7) is 0.0454. The van der Waals surface area contributed by atoms with Gasteiger partial charge < -0.3 is 26.0 Å². The number of amides is 4. The minimum Gasteiger partial charge on any atom is -0.458 e. The number of carbonyl (C=O) groups is 5. The van der Waals surface area contributed by atoms with Crippen molar-refractivity contribution < 1.29 is 28.7 Å². The van der Waals surface area contributed by atoms with Gasteiger partial charge in [0.2, 0.25) is 23.6 Å². The zero-order valence-electron chi connectivity index (χ0n) is 20.9. The van der Waals surface area contributed by atoms with E-state index in [2.05, 4.69) is 21.3 Å². The Morgan fingerprint density at radius 3 is 2.53 bits per heavy atom. The molecule has 204 valence electrons. The number of nitrogens with one attached hydrogen (secondary N) is 4. The summed E-state index contributed by atoms with van der Waals surface area (Å²) in [5, 5.41) is 11.1. The molecule has 4 amide bonds. The second kappa shape index (κ2) is 13.2. The maximum atomic E-state index is 13.5. The molecule has 10 nitrogen and oxygen atoms in total. The van der Waals surface area contributed by atoms with Gasteiger partial charge in [-0.15, -0.1) is 0 Å². The van der Waals surface area contributed by atoms with E-state index in [0.29, 0.717) is 19.3 Å². The highest BCUT2D eigenvalue weighted by Crippen LogP contribution is 2.36. The predicted molar refractivity (Wildman–Crippen MR) is 145 cm³/mol. The van der Waals surface area contributed by atoms with Gasteiger partial charge >= 0.3 is 5.97 Å². The first kappa shape index (κ1) is 28.0. The second-order valence-corrected chi connectivity index (χ2v) is 12.1. The van der Waals surface area contributed by atoms with Gasteiger partial charge in [0.25, 0.3) is 0 Å². The van der Waals surface area contributed by atoms with Crippen molar-refractivity contribution in [2.75, 3.05) is 18.1 Å². The van der Waals surface area contributed by atoms with Crippen molar-refractivity contribution in [2.24, 2.45) is 0 Å². The summed E-state index contributed by atoms with van der Waals surface area (Å²) in [7, 11) is 2.99.